The molecule has 0 aliphatic rings. The van der Waals surface area contributed by atoms with Gasteiger partial charge in [0.05, 0.1) is 17.7 Å². The Morgan fingerprint density at radius 1 is 0.681 bits per heavy atom. The molecule has 0 bridgehead atoms. The van der Waals surface area contributed by atoms with Gasteiger partial charge in [0.1, 0.15) is 11.5 Å². The van der Waals surface area contributed by atoms with Crippen LogP contribution in [0.3, 0.4) is 0 Å². The minimum atomic E-state index is -4.64. The monoisotopic (exact) mass is 652 g/mol. The number of benzene rings is 3. The number of unbranched alkanes of at least 4 members (excludes halogenated alkanes) is 10. The molecule has 3 rings (SSSR count). The Bertz CT molecular complexity index is 1350. The predicted molar refractivity (Wildman–Crippen MR) is 180 cm³/mol. The highest BCUT2D eigenvalue weighted by Gasteiger charge is 2.42. The highest BCUT2D eigenvalue weighted by atomic mass is 19.4. The van der Waals surface area contributed by atoms with Gasteiger partial charge in [-0.15, -0.1) is 6.58 Å². The summed E-state index contributed by atoms with van der Waals surface area (Å²) < 4.78 is 56.2. The lowest BCUT2D eigenvalue weighted by atomic mass is 10.0. The molecule has 1 unspecified atom stereocenters. The van der Waals surface area contributed by atoms with E-state index >= 15 is 0 Å². The van der Waals surface area contributed by atoms with Crippen molar-refractivity contribution < 1.29 is 37.0 Å². The summed E-state index contributed by atoms with van der Waals surface area (Å²) in [6.45, 7) is 6.41. The molecule has 0 saturated heterocycles. The van der Waals surface area contributed by atoms with Crippen molar-refractivity contribution in [2.75, 3.05) is 6.61 Å². The van der Waals surface area contributed by atoms with Gasteiger partial charge < -0.3 is 14.2 Å². The van der Waals surface area contributed by atoms with Gasteiger partial charge in [0.2, 0.25) is 0 Å². The van der Waals surface area contributed by atoms with Gasteiger partial charge in [-0.3, -0.25) is 0 Å². The normalized spacial score (nSPS) is 11.9. The standard InChI is InChI=1S/C39H47F3O5/c1-3-5-7-9-10-11-12-13-15-29-45-34-25-21-31(22-26-34)30-17-19-32(20-18-30)37(43)46-35-27-23-33(24-28-35)38(44)47-36(39(40,41)42)16-14-8-6-4-2/h3,17-28,36H,1,4-16,29H2,2H3. The first-order valence-electron chi connectivity index (χ1n) is 16.8. The molecule has 0 aliphatic carbocycles. The topological polar surface area (TPSA) is 61.8 Å². The van der Waals surface area contributed by atoms with Crippen molar-refractivity contribution in [2.24, 2.45) is 0 Å². The van der Waals surface area contributed by atoms with E-state index in [4.69, 9.17) is 14.2 Å². The Kier molecular flexibility index (Phi) is 16.1. The van der Waals surface area contributed by atoms with E-state index in [0.29, 0.717) is 25.0 Å². The minimum absolute atomic E-state index is 0.0607. The van der Waals surface area contributed by atoms with Gasteiger partial charge in [0, 0.05) is 0 Å². The molecule has 0 aromatic heterocycles. The number of ether oxygens (including phenoxy) is 3. The third kappa shape index (κ3) is 13.7. The molecule has 0 aliphatic heterocycles. The van der Waals surface area contributed by atoms with Crippen LogP contribution in [0.25, 0.3) is 11.1 Å². The number of alkyl halides is 3. The van der Waals surface area contributed by atoms with Crippen LogP contribution in [0.4, 0.5) is 13.2 Å². The Hall–Kier alpha value is -4.07. The van der Waals surface area contributed by atoms with Crippen LogP contribution in [0, 0.1) is 0 Å². The van der Waals surface area contributed by atoms with Gasteiger partial charge in [-0.05, 0) is 91.8 Å². The van der Waals surface area contributed by atoms with E-state index in [1.165, 1.54) is 62.8 Å². The Morgan fingerprint density at radius 3 is 1.79 bits per heavy atom. The molecule has 0 heterocycles. The van der Waals surface area contributed by atoms with Crippen LogP contribution in [0.15, 0.2) is 85.5 Å². The molecule has 8 heteroatoms. The fourth-order valence-corrected chi connectivity index (χ4v) is 5.08. The maximum absolute atomic E-state index is 13.4. The van der Waals surface area contributed by atoms with Crippen molar-refractivity contribution >= 4 is 11.9 Å². The van der Waals surface area contributed by atoms with Crippen LogP contribution in [-0.4, -0.2) is 30.8 Å². The molecule has 0 spiro atoms. The van der Waals surface area contributed by atoms with Crippen LogP contribution in [0.5, 0.6) is 11.5 Å². The van der Waals surface area contributed by atoms with Crippen molar-refractivity contribution in [3.8, 4) is 22.6 Å². The molecule has 0 saturated carbocycles. The number of hydrogen-bond acceptors (Lipinski definition) is 5. The summed E-state index contributed by atoms with van der Waals surface area (Å²) in [5.41, 5.74) is 2.16. The molecule has 47 heavy (non-hydrogen) atoms. The number of esters is 2. The molecular formula is C39H47F3O5. The third-order valence-corrected chi connectivity index (χ3v) is 7.86. The molecule has 1 atom stereocenters. The van der Waals surface area contributed by atoms with Gasteiger partial charge in [0.25, 0.3) is 0 Å². The van der Waals surface area contributed by atoms with E-state index in [2.05, 4.69) is 6.58 Å². The molecular weight excluding hydrogens is 605 g/mol. The van der Waals surface area contributed by atoms with E-state index in [9.17, 15) is 22.8 Å². The number of carbonyl (C=O) groups excluding carboxylic acids is 2. The second kappa shape index (κ2) is 20.2. The summed E-state index contributed by atoms with van der Waals surface area (Å²) in [5.74, 6) is -0.711. The Morgan fingerprint density at radius 2 is 1.19 bits per heavy atom. The number of rotatable bonds is 21. The first-order valence-corrected chi connectivity index (χ1v) is 16.8. The fourth-order valence-electron chi connectivity index (χ4n) is 5.08. The molecule has 0 amide bonds. The first-order chi connectivity index (χ1) is 22.7. The smallest absolute Gasteiger partial charge is 0.425 e. The minimum Gasteiger partial charge on any atom is -0.494 e. The second-order valence-electron chi connectivity index (χ2n) is 11.7. The van der Waals surface area contributed by atoms with Gasteiger partial charge in [0.15, 0.2) is 6.10 Å². The Labute approximate surface area is 277 Å². The summed E-state index contributed by atoms with van der Waals surface area (Å²) in [6.07, 6.45) is 7.18. The molecule has 0 radical (unpaired) electrons. The molecule has 254 valence electrons. The SMILES string of the molecule is C=CCCCCCCCCCOc1ccc(-c2ccc(C(=O)Oc3ccc(C(=O)OC(CCCCCC)C(F)(F)F)cc3)cc2)cc1. The molecule has 0 N–H and O–H groups in total. The van der Waals surface area contributed by atoms with E-state index in [-0.39, 0.29) is 17.7 Å². The summed E-state index contributed by atoms with van der Waals surface area (Å²) in [7, 11) is 0. The van der Waals surface area contributed by atoms with Crippen LogP contribution in [0.2, 0.25) is 0 Å². The zero-order valence-electron chi connectivity index (χ0n) is 27.4. The third-order valence-electron chi connectivity index (χ3n) is 7.86. The average Bonchev–Trinajstić information content (AvgIpc) is 3.07. The largest absolute Gasteiger partial charge is 0.494 e. The number of hydrogen-bond donors (Lipinski definition) is 0. The maximum atomic E-state index is 13.4. The lowest BCUT2D eigenvalue weighted by Gasteiger charge is -2.20. The van der Waals surface area contributed by atoms with Crippen LogP contribution < -0.4 is 9.47 Å². The van der Waals surface area contributed by atoms with E-state index in [1.807, 2.05) is 49.4 Å². The van der Waals surface area contributed by atoms with Crippen molar-refractivity contribution in [1.82, 2.24) is 0 Å². The average molecular weight is 653 g/mol. The quantitative estimate of drug-likeness (QED) is 0.0496. The highest BCUT2D eigenvalue weighted by molar-refractivity contribution is 5.92. The van der Waals surface area contributed by atoms with Crippen LogP contribution in [-0.2, 0) is 4.74 Å². The van der Waals surface area contributed by atoms with Gasteiger partial charge in [-0.2, -0.15) is 13.2 Å². The maximum Gasteiger partial charge on any atom is 0.425 e. The first kappa shape index (κ1) is 37.4. The van der Waals surface area contributed by atoms with Crippen LogP contribution in [0.1, 0.15) is 111 Å². The summed E-state index contributed by atoms with van der Waals surface area (Å²) in [4.78, 5) is 25.1. The van der Waals surface area contributed by atoms with Gasteiger partial charge >= 0.3 is 18.1 Å². The molecule has 3 aromatic carbocycles. The lowest BCUT2D eigenvalue weighted by molar-refractivity contribution is -0.206. The van der Waals surface area contributed by atoms with Gasteiger partial charge in [-0.1, -0.05) is 88.6 Å². The number of allylic oxidation sites excluding steroid dienone is 1. The fraction of sp³-hybridized carbons (Fsp3) is 0.436. The summed E-state index contributed by atoms with van der Waals surface area (Å²) in [5, 5.41) is 0. The molecule has 5 nitrogen and oxygen atoms in total. The predicted octanol–water partition coefficient (Wildman–Crippen LogP) is 11.3. The highest BCUT2D eigenvalue weighted by Crippen LogP contribution is 2.29. The van der Waals surface area contributed by atoms with Crippen LogP contribution >= 0.6 is 0 Å². The van der Waals surface area contributed by atoms with Crippen molar-refractivity contribution in [2.45, 2.75) is 103 Å². The van der Waals surface area contributed by atoms with Crippen molar-refractivity contribution in [1.29, 1.82) is 0 Å². The van der Waals surface area contributed by atoms with Gasteiger partial charge in [-0.25, -0.2) is 9.59 Å². The molecule has 3 aromatic rings. The van der Waals surface area contributed by atoms with Crippen molar-refractivity contribution in [3.05, 3.63) is 96.6 Å². The van der Waals surface area contributed by atoms with E-state index in [1.54, 1.807) is 12.1 Å². The van der Waals surface area contributed by atoms with E-state index in [0.717, 1.165) is 42.6 Å². The zero-order chi connectivity index (χ0) is 33.9. The molecule has 0 fully saturated rings. The second-order valence-corrected chi connectivity index (χ2v) is 11.7. The Balaban J connectivity index is 1.43. The summed E-state index contributed by atoms with van der Waals surface area (Å²) in [6, 6.07) is 20.0. The van der Waals surface area contributed by atoms with Crippen molar-refractivity contribution in [3.63, 3.8) is 0 Å². The van der Waals surface area contributed by atoms with E-state index < -0.39 is 24.2 Å². The number of halogens is 3. The lowest BCUT2D eigenvalue weighted by Crippen LogP contribution is -2.33. The zero-order valence-corrected chi connectivity index (χ0v) is 27.4. The number of carbonyl (C=O) groups is 2. The summed E-state index contributed by atoms with van der Waals surface area (Å²) >= 11 is 0.